The summed E-state index contributed by atoms with van der Waals surface area (Å²) in [7, 11) is 0. The van der Waals surface area contributed by atoms with Crippen molar-refractivity contribution in [2.24, 2.45) is 0 Å². The van der Waals surface area contributed by atoms with Crippen molar-refractivity contribution in [1.82, 2.24) is 10.2 Å². The minimum atomic E-state index is -0.111. The first-order valence-electron chi connectivity index (χ1n) is 9.04. The number of anilines is 2. The summed E-state index contributed by atoms with van der Waals surface area (Å²) >= 11 is 0. The summed E-state index contributed by atoms with van der Waals surface area (Å²) < 4.78 is 0. The zero-order valence-corrected chi connectivity index (χ0v) is 14.0. The largest absolute Gasteiger partial charge is 0.372 e. The molecule has 1 fully saturated rings. The molecular weight excluding hydrogens is 300 g/mol. The zero-order chi connectivity index (χ0) is 16.4. The number of fused-ring (bicyclic) bond motifs is 1. The molecule has 0 atom stereocenters. The fraction of sp³-hybridized carbons (Fsp3) is 0.474. The van der Waals surface area contributed by atoms with Crippen molar-refractivity contribution in [3.63, 3.8) is 0 Å². The molecule has 1 aromatic carbocycles. The van der Waals surface area contributed by atoms with Gasteiger partial charge in [0.15, 0.2) is 5.69 Å². The van der Waals surface area contributed by atoms with Gasteiger partial charge in [-0.05, 0) is 69.2 Å². The lowest BCUT2D eigenvalue weighted by Gasteiger charge is -2.28. The first-order chi connectivity index (χ1) is 11.8. The highest BCUT2D eigenvalue weighted by molar-refractivity contribution is 6.04. The highest BCUT2D eigenvalue weighted by Crippen LogP contribution is 2.24. The summed E-state index contributed by atoms with van der Waals surface area (Å²) in [5.41, 5.74) is 4.86. The van der Waals surface area contributed by atoms with Crippen LogP contribution in [0.1, 0.15) is 53.8 Å². The minimum Gasteiger partial charge on any atom is -0.372 e. The second-order valence-electron chi connectivity index (χ2n) is 6.79. The Bertz CT molecular complexity index is 713. The second kappa shape index (κ2) is 6.67. The van der Waals surface area contributed by atoms with E-state index in [0.29, 0.717) is 5.69 Å². The molecule has 2 aliphatic rings. The number of carbonyl (C=O) groups is 1. The molecular formula is C19H24N4O. The van der Waals surface area contributed by atoms with Crippen molar-refractivity contribution in [3.8, 4) is 0 Å². The number of amides is 1. The molecule has 126 valence electrons. The van der Waals surface area contributed by atoms with E-state index in [2.05, 4.69) is 32.5 Å². The van der Waals surface area contributed by atoms with Gasteiger partial charge < -0.3 is 10.2 Å². The molecule has 1 aromatic heterocycles. The quantitative estimate of drug-likeness (QED) is 0.908. The molecule has 2 aromatic rings. The molecule has 0 bridgehead atoms. The van der Waals surface area contributed by atoms with E-state index in [4.69, 9.17) is 0 Å². The van der Waals surface area contributed by atoms with Crippen LogP contribution in [0.5, 0.6) is 0 Å². The topological polar surface area (TPSA) is 61.0 Å². The molecule has 2 heterocycles. The summed E-state index contributed by atoms with van der Waals surface area (Å²) in [6.07, 6.45) is 8.12. The van der Waals surface area contributed by atoms with Crippen molar-refractivity contribution < 1.29 is 4.79 Å². The molecule has 0 spiro atoms. The Morgan fingerprint density at radius 2 is 1.75 bits per heavy atom. The summed E-state index contributed by atoms with van der Waals surface area (Å²) in [5, 5.41) is 10.3. The van der Waals surface area contributed by atoms with Gasteiger partial charge in [-0.2, -0.15) is 5.10 Å². The Kier molecular flexibility index (Phi) is 4.24. The summed E-state index contributed by atoms with van der Waals surface area (Å²) in [5.74, 6) is -0.111. The van der Waals surface area contributed by atoms with Crippen molar-refractivity contribution in [1.29, 1.82) is 0 Å². The Morgan fingerprint density at radius 3 is 2.54 bits per heavy atom. The molecule has 0 unspecified atom stereocenters. The lowest BCUT2D eigenvalue weighted by Crippen LogP contribution is -2.29. The van der Waals surface area contributed by atoms with Gasteiger partial charge in [0.05, 0.1) is 0 Å². The number of carbonyl (C=O) groups excluding carboxylic acids is 1. The standard InChI is InChI=1S/C19H24N4O/c24-19(18-16-6-2-3-7-17(16)21-22-18)20-14-8-10-15(11-9-14)23-12-4-1-5-13-23/h8-11H,1-7,12-13H2,(H,20,24)(H,21,22). The number of piperidine rings is 1. The van der Waals surface area contributed by atoms with Crippen LogP contribution in [0.3, 0.4) is 0 Å². The molecule has 0 saturated carbocycles. The number of hydrogen-bond donors (Lipinski definition) is 2. The van der Waals surface area contributed by atoms with Gasteiger partial charge in [0, 0.05) is 35.7 Å². The molecule has 1 saturated heterocycles. The van der Waals surface area contributed by atoms with Gasteiger partial charge in [-0.1, -0.05) is 0 Å². The summed E-state index contributed by atoms with van der Waals surface area (Å²) in [6, 6.07) is 8.17. The average Bonchev–Trinajstić information content (AvgIpc) is 3.07. The molecule has 0 radical (unpaired) electrons. The van der Waals surface area contributed by atoms with Gasteiger partial charge >= 0.3 is 0 Å². The van der Waals surface area contributed by atoms with E-state index in [1.165, 1.54) is 31.4 Å². The highest BCUT2D eigenvalue weighted by atomic mass is 16.1. The number of rotatable bonds is 3. The number of aromatic amines is 1. The van der Waals surface area contributed by atoms with Gasteiger partial charge in [-0.25, -0.2) is 0 Å². The number of nitrogens with one attached hydrogen (secondary N) is 2. The van der Waals surface area contributed by atoms with E-state index in [1.54, 1.807) is 0 Å². The van der Waals surface area contributed by atoms with Crippen LogP contribution < -0.4 is 10.2 Å². The van der Waals surface area contributed by atoms with Gasteiger partial charge in [-0.15, -0.1) is 0 Å². The van der Waals surface area contributed by atoms with Gasteiger partial charge in [0.25, 0.3) is 5.91 Å². The fourth-order valence-electron chi connectivity index (χ4n) is 3.77. The number of benzene rings is 1. The van der Waals surface area contributed by atoms with E-state index in [9.17, 15) is 4.79 Å². The number of nitrogens with zero attached hydrogens (tertiary/aromatic N) is 2. The minimum absolute atomic E-state index is 0.111. The Hall–Kier alpha value is -2.30. The predicted molar refractivity (Wildman–Crippen MR) is 95.7 cm³/mol. The molecule has 4 rings (SSSR count). The van der Waals surface area contributed by atoms with Crippen LogP contribution in [0.2, 0.25) is 0 Å². The lowest BCUT2D eigenvalue weighted by atomic mass is 9.96. The summed E-state index contributed by atoms with van der Waals surface area (Å²) in [4.78, 5) is 14.9. The van der Waals surface area contributed by atoms with Gasteiger partial charge in [0.2, 0.25) is 0 Å². The van der Waals surface area contributed by atoms with Crippen LogP contribution >= 0.6 is 0 Å². The third-order valence-electron chi connectivity index (χ3n) is 5.12. The Labute approximate surface area is 142 Å². The van der Waals surface area contributed by atoms with E-state index >= 15 is 0 Å². The van der Waals surface area contributed by atoms with Crippen LogP contribution in [0, 0.1) is 0 Å². The molecule has 1 aliphatic carbocycles. The van der Waals surface area contributed by atoms with Crippen LogP contribution in [-0.4, -0.2) is 29.2 Å². The van der Waals surface area contributed by atoms with Crippen LogP contribution in [-0.2, 0) is 12.8 Å². The average molecular weight is 324 g/mol. The van der Waals surface area contributed by atoms with Gasteiger partial charge in [0.1, 0.15) is 0 Å². The second-order valence-corrected chi connectivity index (χ2v) is 6.79. The van der Waals surface area contributed by atoms with Crippen LogP contribution in [0.15, 0.2) is 24.3 Å². The number of hydrogen-bond acceptors (Lipinski definition) is 3. The SMILES string of the molecule is O=C(Nc1ccc(N2CCCCC2)cc1)c1n[nH]c2c1CCCC2. The first kappa shape index (κ1) is 15.2. The van der Waals surface area contributed by atoms with E-state index < -0.39 is 0 Å². The number of aromatic nitrogens is 2. The first-order valence-corrected chi connectivity index (χ1v) is 9.04. The van der Waals surface area contributed by atoms with Crippen LogP contribution in [0.4, 0.5) is 11.4 Å². The van der Waals surface area contributed by atoms with E-state index in [1.807, 2.05) is 12.1 Å². The normalized spacial score (nSPS) is 17.4. The van der Waals surface area contributed by atoms with Crippen molar-refractivity contribution in [2.75, 3.05) is 23.3 Å². The molecule has 5 heteroatoms. The maximum Gasteiger partial charge on any atom is 0.276 e. The predicted octanol–water partition coefficient (Wildman–Crippen LogP) is 3.53. The Balaban J connectivity index is 1.45. The van der Waals surface area contributed by atoms with Crippen LogP contribution in [0.25, 0.3) is 0 Å². The highest BCUT2D eigenvalue weighted by Gasteiger charge is 2.21. The summed E-state index contributed by atoms with van der Waals surface area (Å²) in [6.45, 7) is 2.26. The molecule has 5 nitrogen and oxygen atoms in total. The zero-order valence-electron chi connectivity index (χ0n) is 14.0. The number of H-pyrrole nitrogens is 1. The van der Waals surface area contributed by atoms with Gasteiger partial charge in [-0.3, -0.25) is 9.89 Å². The lowest BCUT2D eigenvalue weighted by molar-refractivity contribution is 0.102. The van der Waals surface area contributed by atoms with E-state index in [-0.39, 0.29) is 5.91 Å². The maximum absolute atomic E-state index is 12.5. The van der Waals surface area contributed by atoms with E-state index in [0.717, 1.165) is 49.3 Å². The fourth-order valence-corrected chi connectivity index (χ4v) is 3.77. The molecule has 24 heavy (non-hydrogen) atoms. The third kappa shape index (κ3) is 3.03. The monoisotopic (exact) mass is 324 g/mol. The molecule has 1 aliphatic heterocycles. The van der Waals surface area contributed by atoms with Crippen molar-refractivity contribution in [2.45, 2.75) is 44.9 Å². The maximum atomic E-state index is 12.5. The van der Waals surface area contributed by atoms with Crippen molar-refractivity contribution in [3.05, 3.63) is 41.2 Å². The van der Waals surface area contributed by atoms with Crippen molar-refractivity contribution >= 4 is 17.3 Å². The molecule has 2 N–H and O–H groups in total. The smallest absolute Gasteiger partial charge is 0.276 e. The Morgan fingerprint density at radius 1 is 1.00 bits per heavy atom. The number of aryl methyl sites for hydroxylation is 1. The molecule has 1 amide bonds. The third-order valence-corrected chi connectivity index (χ3v) is 5.12.